The summed E-state index contributed by atoms with van der Waals surface area (Å²) in [6.45, 7) is 0.130. The molecule has 146 valence electrons. The standard InChI is InChI=1S/C22H21F3N2O/c23-15-9-14(10-16(24)11-15)12-27-13-18(21-19(25)7-4-8-20(21)27)22(28)26-17-5-2-1-3-6-17/h4,7-11,13,17H,1-3,5-6,12H2,(H,26,28). The first-order chi connectivity index (χ1) is 13.5. The highest BCUT2D eigenvalue weighted by molar-refractivity contribution is 6.07. The average molecular weight is 386 g/mol. The Balaban J connectivity index is 1.70. The van der Waals surface area contributed by atoms with Gasteiger partial charge in [-0.3, -0.25) is 4.79 Å². The van der Waals surface area contributed by atoms with Crippen LogP contribution in [0.2, 0.25) is 0 Å². The van der Waals surface area contributed by atoms with Crippen molar-refractivity contribution >= 4 is 16.8 Å². The van der Waals surface area contributed by atoms with Crippen LogP contribution >= 0.6 is 0 Å². The quantitative estimate of drug-likeness (QED) is 0.660. The summed E-state index contributed by atoms with van der Waals surface area (Å²) in [5.41, 5.74) is 1.16. The number of nitrogens with zero attached hydrogens (tertiary/aromatic N) is 1. The van der Waals surface area contributed by atoms with Crippen LogP contribution in [-0.4, -0.2) is 16.5 Å². The molecule has 1 fully saturated rings. The van der Waals surface area contributed by atoms with Crippen LogP contribution in [0.3, 0.4) is 0 Å². The lowest BCUT2D eigenvalue weighted by Crippen LogP contribution is -2.36. The lowest BCUT2D eigenvalue weighted by atomic mass is 9.95. The van der Waals surface area contributed by atoms with Crippen LogP contribution in [0.1, 0.15) is 48.0 Å². The van der Waals surface area contributed by atoms with E-state index in [2.05, 4.69) is 5.32 Å². The summed E-state index contributed by atoms with van der Waals surface area (Å²) in [7, 11) is 0. The molecule has 0 spiro atoms. The van der Waals surface area contributed by atoms with Crippen LogP contribution in [0, 0.1) is 17.5 Å². The minimum Gasteiger partial charge on any atom is -0.349 e. The number of benzene rings is 2. The SMILES string of the molecule is O=C(NC1CCCCC1)c1cn(Cc2cc(F)cc(F)c2)c2cccc(F)c12. The number of aromatic nitrogens is 1. The number of hydrogen-bond acceptors (Lipinski definition) is 1. The van der Waals surface area contributed by atoms with Crippen LogP contribution in [0.25, 0.3) is 10.9 Å². The normalized spacial score (nSPS) is 15.1. The first-order valence-corrected chi connectivity index (χ1v) is 9.54. The molecule has 0 saturated heterocycles. The van der Waals surface area contributed by atoms with E-state index in [9.17, 15) is 18.0 Å². The van der Waals surface area contributed by atoms with E-state index in [-0.39, 0.29) is 29.4 Å². The molecule has 1 aliphatic carbocycles. The third-order valence-electron chi connectivity index (χ3n) is 5.32. The van der Waals surface area contributed by atoms with E-state index in [1.54, 1.807) is 22.9 Å². The predicted octanol–water partition coefficient (Wildman–Crippen LogP) is 5.17. The zero-order chi connectivity index (χ0) is 19.7. The van der Waals surface area contributed by atoms with Crippen molar-refractivity contribution in [2.45, 2.75) is 44.7 Å². The Bertz CT molecular complexity index is 1000. The lowest BCUT2D eigenvalue weighted by molar-refractivity contribution is 0.0929. The second kappa shape index (κ2) is 7.70. The molecular formula is C22H21F3N2O. The van der Waals surface area contributed by atoms with Gasteiger partial charge in [0.25, 0.3) is 5.91 Å². The molecule has 0 unspecified atom stereocenters. The van der Waals surface area contributed by atoms with Crippen LogP contribution in [0.5, 0.6) is 0 Å². The van der Waals surface area contributed by atoms with Gasteiger partial charge in [0, 0.05) is 30.2 Å². The molecular weight excluding hydrogens is 365 g/mol. The van der Waals surface area contributed by atoms with Crippen molar-refractivity contribution in [3.05, 3.63) is 71.2 Å². The molecule has 0 atom stereocenters. The number of carbonyl (C=O) groups excluding carboxylic acids is 1. The maximum absolute atomic E-state index is 14.6. The van der Waals surface area contributed by atoms with Gasteiger partial charge in [0.05, 0.1) is 11.1 Å². The number of amides is 1. The van der Waals surface area contributed by atoms with Gasteiger partial charge in [0.15, 0.2) is 0 Å². The van der Waals surface area contributed by atoms with Gasteiger partial charge in [-0.15, -0.1) is 0 Å². The lowest BCUT2D eigenvalue weighted by Gasteiger charge is -2.22. The molecule has 3 aromatic rings. The van der Waals surface area contributed by atoms with Gasteiger partial charge in [-0.25, -0.2) is 13.2 Å². The van der Waals surface area contributed by atoms with Gasteiger partial charge < -0.3 is 9.88 Å². The molecule has 0 radical (unpaired) electrons. The van der Waals surface area contributed by atoms with Crippen LogP contribution in [-0.2, 0) is 6.54 Å². The number of fused-ring (bicyclic) bond motifs is 1. The fourth-order valence-electron chi connectivity index (χ4n) is 4.02. The molecule has 2 aromatic carbocycles. The number of halogens is 3. The largest absolute Gasteiger partial charge is 0.349 e. The summed E-state index contributed by atoms with van der Waals surface area (Å²) in [5.74, 6) is -2.15. The van der Waals surface area contributed by atoms with Gasteiger partial charge in [-0.05, 0) is 42.7 Å². The fourth-order valence-corrected chi connectivity index (χ4v) is 4.02. The minimum absolute atomic E-state index is 0.101. The maximum Gasteiger partial charge on any atom is 0.253 e. The molecule has 6 heteroatoms. The van der Waals surface area contributed by atoms with Crippen LogP contribution < -0.4 is 5.32 Å². The highest BCUT2D eigenvalue weighted by atomic mass is 19.1. The second-order valence-electron chi connectivity index (χ2n) is 7.39. The monoisotopic (exact) mass is 386 g/mol. The first kappa shape index (κ1) is 18.6. The maximum atomic E-state index is 14.6. The molecule has 1 aliphatic rings. The summed E-state index contributed by atoms with van der Waals surface area (Å²) in [6.07, 6.45) is 6.74. The number of hydrogen-bond donors (Lipinski definition) is 1. The molecule has 0 bridgehead atoms. The molecule has 3 nitrogen and oxygen atoms in total. The molecule has 1 saturated carbocycles. The fraction of sp³-hybridized carbons (Fsp3) is 0.318. The van der Waals surface area contributed by atoms with E-state index in [0.717, 1.165) is 31.7 Å². The predicted molar refractivity (Wildman–Crippen MR) is 102 cm³/mol. The Morgan fingerprint density at radius 1 is 1.04 bits per heavy atom. The third kappa shape index (κ3) is 3.77. The van der Waals surface area contributed by atoms with Crippen molar-refractivity contribution < 1.29 is 18.0 Å². The van der Waals surface area contributed by atoms with Crippen molar-refractivity contribution in [2.75, 3.05) is 0 Å². The smallest absolute Gasteiger partial charge is 0.253 e. The van der Waals surface area contributed by atoms with Gasteiger partial charge in [0.1, 0.15) is 17.5 Å². The molecule has 1 amide bonds. The van der Waals surface area contributed by atoms with Gasteiger partial charge in [-0.2, -0.15) is 0 Å². The minimum atomic E-state index is -0.673. The number of rotatable bonds is 4. The van der Waals surface area contributed by atoms with Crippen LogP contribution in [0.15, 0.2) is 42.6 Å². The second-order valence-corrected chi connectivity index (χ2v) is 7.39. The average Bonchev–Trinajstić information content (AvgIpc) is 3.02. The van der Waals surface area contributed by atoms with E-state index in [1.807, 2.05) is 0 Å². The van der Waals surface area contributed by atoms with E-state index in [0.29, 0.717) is 11.1 Å². The molecule has 4 rings (SSSR count). The van der Waals surface area contributed by atoms with Gasteiger partial charge in [0.2, 0.25) is 0 Å². The van der Waals surface area contributed by atoms with Crippen molar-refractivity contribution in [3.63, 3.8) is 0 Å². The van der Waals surface area contributed by atoms with E-state index in [4.69, 9.17) is 0 Å². The van der Waals surface area contributed by atoms with Crippen molar-refractivity contribution in [2.24, 2.45) is 0 Å². The summed E-state index contributed by atoms with van der Waals surface area (Å²) in [5, 5.41) is 3.24. The number of carbonyl (C=O) groups is 1. The Morgan fingerprint density at radius 3 is 2.46 bits per heavy atom. The van der Waals surface area contributed by atoms with Crippen LogP contribution in [0.4, 0.5) is 13.2 Å². The van der Waals surface area contributed by atoms with Gasteiger partial charge in [-0.1, -0.05) is 25.3 Å². The van der Waals surface area contributed by atoms with E-state index >= 15 is 0 Å². The highest BCUT2D eigenvalue weighted by Crippen LogP contribution is 2.26. The van der Waals surface area contributed by atoms with E-state index < -0.39 is 17.5 Å². The molecule has 28 heavy (non-hydrogen) atoms. The Kier molecular flexibility index (Phi) is 5.11. The Morgan fingerprint density at radius 2 is 1.75 bits per heavy atom. The summed E-state index contributed by atoms with van der Waals surface area (Å²) >= 11 is 0. The van der Waals surface area contributed by atoms with Crippen molar-refractivity contribution in [1.82, 2.24) is 9.88 Å². The van der Waals surface area contributed by atoms with Crippen molar-refractivity contribution in [3.8, 4) is 0 Å². The molecule has 0 aliphatic heterocycles. The Labute approximate surface area is 161 Å². The highest BCUT2D eigenvalue weighted by Gasteiger charge is 2.22. The number of nitrogens with one attached hydrogen (secondary N) is 1. The molecule has 1 aromatic heterocycles. The van der Waals surface area contributed by atoms with E-state index in [1.165, 1.54) is 24.6 Å². The molecule has 1 N–H and O–H groups in total. The first-order valence-electron chi connectivity index (χ1n) is 9.54. The summed E-state index contributed by atoms with van der Waals surface area (Å²) < 4.78 is 43.3. The Hall–Kier alpha value is -2.76. The summed E-state index contributed by atoms with van der Waals surface area (Å²) in [6, 6.07) is 7.94. The zero-order valence-electron chi connectivity index (χ0n) is 15.4. The van der Waals surface area contributed by atoms with Crippen molar-refractivity contribution in [1.29, 1.82) is 0 Å². The zero-order valence-corrected chi connectivity index (χ0v) is 15.4. The molecule has 1 heterocycles. The topological polar surface area (TPSA) is 34.0 Å². The summed E-state index contributed by atoms with van der Waals surface area (Å²) in [4.78, 5) is 12.8. The van der Waals surface area contributed by atoms with Gasteiger partial charge >= 0.3 is 0 Å². The third-order valence-corrected chi connectivity index (χ3v) is 5.32.